The average molecular weight is 305 g/mol. The SMILES string of the molecule is CC(Nc1ccc([N+](=O)[O-])c(C(F)(F)F)c1)C(=O)N(C)C. The first kappa shape index (κ1) is 16.7. The van der Waals surface area contributed by atoms with E-state index < -0.39 is 28.4 Å². The third kappa shape index (κ3) is 4.07. The molecule has 1 aromatic rings. The van der Waals surface area contributed by atoms with E-state index in [-0.39, 0.29) is 11.6 Å². The highest BCUT2D eigenvalue weighted by molar-refractivity contribution is 5.83. The van der Waals surface area contributed by atoms with Crippen molar-refractivity contribution in [2.24, 2.45) is 0 Å². The van der Waals surface area contributed by atoms with Crippen molar-refractivity contribution in [1.82, 2.24) is 4.90 Å². The predicted octanol–water partition coefficient (Wildman–Crippen LogP) is 2.50. The molecule has 0 heterocycles. The summed E-state index contributed by atoms with van der Waals surface area (Å²) in [6, 6.07) is 1.75. The van der Waals surface area contributed by atoms with Crippen LogP contribution >= 0.6 is 0 Å². The van der Waals surface area contributed by atoms with E-state index in [4.69, 9.17) is 0 Å². The quantitative estimate of drug-likeness (QED) is 0.685. The number of nitrogens with one attached hydrogen (secondary N) is 1. The number of nitrogens with zero attached hydrogens (tertiary/aromatic N) is 2. The summed E-state index contributed by atoms with van der Waals surface area (Å²) in [6.45, 7) is 1.48. The van der Waals surface area contributed by atoms with Gasteiger partial charge in [0.05, 0.1) is 4.92 Å². The minimum atomic E-state index is -4.85. The zero-order chi connectivity index (χ0) is 16.4. The van der Waals surface area contributed by atoms with E-state index in [1.54, 1.807) is 0 Å². The molecule has 116 valence electrons. The molecule has 1 amide bonds. The summed E-state index contributed by atoms with van der Waals surface area (Å²) in [6.07, 6.45) is -4.85. The molecule has 0 saturated carbocycles. The van der Waals surface area contributed by atoms with Crippen molar-refractivity contribution in [2.75, 3.05) is 19.4 Å². The molecule has 9 heteroatoms. The third-order valence-corrected chi connectivity index (χ3v) is 2.69. The van der Waals surface area contributed by atoms with E-state index in [2.05, 4.69) is 5.32 Å². The van der Waals surface area contributed by atoms with Crippen LogP contribution in [0.25, 0.3) is 0 Å². The van der Waals surface area contributed by atoms with Crippen molar-refractivity contribution >= 4 is 17.3 Å². The fourth-order valence-corrected chi connectivity index (χ4v) is 1.71. The van der Waals surface area contributed by atoms with E-state index >= 15 is 0 Å². The van der Waals surface area contributed by atoms with Gasteiger partial charge in [-0.25, -0.2) is 0 Å². The molecule has 0 aliphatic carbocycles. The van der Waals surface area contributed by atoms with Crippen LogP contribution in [-0.4, -0.2) is 35.9 Å². The van der Waals surface area contributed by atoms with E-state index in [0.29, 0.717) is 6.07 Å². The van der Waals surface area contributed by atoms with Crippen LogP contribution in [-0.2, 0) is 11.0 Å². The summed E-state index contributed by atoms with van der Waals surface area (Å²) in [5, 5.41) is 13.2. The Balaban J connectivity index is 3.12. The summed E-state index contributed by atoms with van der Waals surface area (Å²) in [4.78, 5) is 22.5. The molecule has 0 spiro atoms. The van der Waals surface area contributed by atoms with Gasteiger partial charge in [-0.1, -0.05) is 0 Å². The van der Waals surface area contributed by atoms with Crippen molar-refractivity contribution < 1.29 is 22.9 Å². The van der Waals surface area contributed by atoms with Crippen LogP contribution in [0.4, 0.5) is 24.5 Å². The molecule has 0 aromatic heterocycles. The second-order valence-electron chi connectivity index (χ2n) is 4.59. The molecule has 0 bridgehead atoms. The highest BCUT2D eigenvalue weighted by Gasteiger charge is 2.38. The number of likely N-dealkylation sites (N-methyl/N-ethyl adjacent to an activating group) is 1. The second-order valence-corrected chi connectivity index (χ2v) is 4.59. The highest BCUT2D eigenvalue weighted by Crippen LogP contribution is 2.37. The predicted molar refractivity (Wildman–Crippen MR) is 69.9 cm³/mol. The maximum absolute atomic E-state index is 12.8. The number of rotatable bonds is 4. The van der Waals surface area contributed by atoms with Gasteiger partial charge in [-0.3, -0.25) is 14.9 Å². The monoisotopic (exact) mass is 305 g/mol. The van der Waals surface area contributed by atoms with E-state index in [9.17, 15) is 28.1 Å². The van der Waals surface area contributed by atoms with Gasteiger partial charge < -0.3 is 10.2 Å². The van der Waals surface area contributed by atoms with Gasteiger partial charge in [0.15, 0.2) is 0 Å². The number of carbonyl (C=O) groups excluding carboxylic acids is 1. The summed E-state index contributed by atoms with van der Waals surface area (Å²) < 4.78 is 38.4. The van der Waals surface area contributed by atoms with E-state index in [1.165, 1.54) is 25.9 Å². The normalized spacial score (nSPS) is 12.7. The first-order valence-corrected chi connectivity index (χ1v) is 5.87. The molecule has 1 rings (SSSR count). The molecule has 1 aromatic carbocycles. The molecule has 1 N–H and O–H groups in total. The number of nitro benzene ring substituents is 1. The average Bonchev–Trinajstić information content (AvgIpc) is 2.36. The molecule has 0 saturated heterocycles. The lowest BCUT2D eigenvalue weighted by Gasteiger charge is -2.19. The number of halogens is 3. The Morgan fingerprint density at radius 3 is 2.38 bits per heavy atom. The standard InChI is InChI=1S/C12H14F3N3O3/c1-7(11(19)17(2)3)16-8-4-5-10(18(20)21)9(6-8)12(13,14)15/h4-7,16H,1-3H3. The number of amides is 1. The number of alkyl halides is 3. The number of anilines is 1. The molecule has 1 unspecified atom stereocenters. The Morgan fingerprint density at radius 1 is 1.38 bits per heavy atom. The maximum atomic E-state index is 12.8. The number of hydrogen-bond donors (Lipinski definition) is 1. The van der Waals surface area contributed by atoms with Crippen LogP contribution in [0.15, 0.2) is 18.2 Å². The first-order valence-electron chi connectivity index (χ1n) is 5.87. The fourth-order valence-electron chi connectivity index (χ4n) is 1.71. The van der Waals surface area contributed by atoms with Gasteiger partial charge in [0, 0.05) is 25.8 Å². The summed E-state index contributed by atoms with van der Waals surface area (Å²) in [5.74, 6) is -0.332. The van der Waals surface area contributed by atoms with Gasteiger partial charge in [-0.15, -0.1) is 0 Å². The van der Waals surface area contributed by atoms with Gasteiger partial charge in [0.25, 0.3) is 5.69 Å². The summed E-state index contributed by atoms with van der Waals surface area (Å²) in [7, 11) is 3.02. The molecular formula is C12H14F3N3O3. The van der Waals surface area contributed by atoms with Crippen LogP contribution in [0.5, 0.6) is 0 Å². The van der Waals surface area contributed by atoms with Gasteiger partial charge in [-0.2, -0.15) is 13.2 Å². The second kappa shape index (κ2) is 5.98. The maximum Gasteiger partial charge on any atom is 0.423 e. The van der Waals surface area contributed by atoms with Crippen LogP contribution < -0.4 is 5.32 Å². The van der Waals surface area contributed by atoms with Crippen molar-refractivity contribution in [3.05, 3.63) is 33.9 Å². The number of hydrogen-bond acceptors (Lipinski definition) is 4. The number of nitro groups is 1. The number of benzene rings is 1. The third-order valence-electron chi connectivity index (χ3n) is 2.69. The first-order chi connectivity index (χ1) is 9.54. The van der Waals surface area contributed by atoms with Crippen LogP contribution in [0.3, 0.4) is 0 Å². The Bertz CT molecular complexity index is 558. The smallest absolute Gasteiger partial charge is 0.374 e. The molecule has 0 fully saturated rings. The zero-order valence-electron chi connectivity index (χ0n) is 11.6. The summed E-state index contributed by atoms with van der Waals surface area (Å²) >= 11 is 0. The van der Waals surface area contributed by atoms with E-state index in [1.807, 2.05) is 0 Å². The molecule has 0 radical (unpaired) electrons. The van der Waals surface area contributed by atoms with Gasteiger partial charge >= 0.3 is 6.18 Å². The summed E-state index contributed by atoms with van der Waals surface area (Å²) in [5.41, 5.74) is -2.41. The molecule has 0 aliphatic rings. The minimum absolute atomic E-state index is 0.0179. The van der Waals surface area contributed by atoms with Crippen molar-refractivity contribution in [3.63, 3.8) is 0 Å². The Kier molecular flexibility index (Phi) is 4.77. The molecular weight excluding hydrogens is 291 g/mol. The van der Waals surface area contributed by atoms with Crippen LogP contribution in [0.1, 0.15) is 12.5 Å². The van der Waals surface area contributed by atoms with Gasteiger partial charge in [0.2, 0.25) is 5.91 Å². The lowest BCUT2D eigenvalue weighted by molar-refractivity contribution is -0.388. The van der Waals surface area contributed by atoms with Crippen molar-refractivity contribution in [3.8, 4) is 0 Å². The molecule has 1 atom stereocenters. The zero-order valence-corrected chi connectivity index (χ0v) is 11.6. The minimum Gasteiger partial charge on any atom is -0.374 e. The Morgan fingerprint density at radius 2 is 1.95 bits per heavy atom. The topological polar surface area (TPSA) is 75.5 Å². The van der Waals surface area contributed by atoms with Gasteiger partial charge in [0.1, 0.15) is 11.6 Å². The van der Waals surface area contributed by atoms with Crippen LogP contribution in [0.2, 0.25) is 0 Å². The highest BCUT2D eigenvalue weighted by atomic mass is 19.4. The lowest BCUT2D eigenvalue weighted by Crippen LogP contribution is -2.36. The fraction of sp³-hybridized carbons (Fsp3) is 0.417. The van der Waals surface area contributed by atoms with E-state index in [0.717, 1.165) is 12.1 Å². The molecule has 0 aliphatic heterocycles. The van der Waals surface area contributed by atoms with Crippen molar-refractivity contribution in [2.45, 2.75) is 19.1 Å². The molecule has 21 heavy (non-hydrogen) atoms. The van der Waals surface area contributed by atoms with Crippen LogP contribution in [0, 0.1) is 10.1 Å². The lowest BCUT2D eigenvalue weighted by atomic mass is 10.1. The molecule has 6 nitrogen and oxygen atoms in total. The Hall–Kier alpha value is -2.32. The largest absolute Gasteiger partial charge is 0.423 e. The Labute approximate surface area is 118 Å². The van der Waals surface area contributed by atoms with Crippen molar-refractivity contribution in [1.29, 1.82) is 0 Å². The van der Waals surface area contributed by atoms with Gasteiger partial charge in [-0.05, 0) is 19.1 Å². The number of carbonyl (C=O) groups is 1.